The van der Waals surface area contributed by atoms with E-state index in [0.29, 0.717) is 19.3 Å². The Morgan fingerprint density at radius 1 is 0.296 bits per heavy atom. The molecule has 0 saturated carbocycles. The first-order valence-electron chi connectivity index (χ1n) is 30.4. The second-order valence-corrected chi connectivity index (χ2v) is 20.2. The van der Waals surface area contributed by atoms with Crippen LogP contribution in [0.2, 0.25) is 0 Å². The minimum Gasteiger partial charge on any atom is -0.462 e. The van der Waals surface area contributed by atoms with Gasteiger partial charge in [0.1, 0.15) is 13.2 Å². The summed E-state index contributed by atoms with van der Waals surface area (Å²) >= 11 is 0. The molecule has 0 rings (SSSR count). The maximum atomic E-state index is 12.9. The fourth-order valence-corrected chi connectivity index (χ4v) is 8.59. The lowest BCUT2D eigenvalue weighted by molar-refractivity contribution is -0.167. The number of ether oxygens (including phenoxy) is 3. The molecular weight excluding hydrogens is 877 g/mol. The second kappa shape index (κ2) is 59.4. The van der Waals surface area contributed by atoms with Crippen LogP contribution < -0.4 is 0 Å². The molecule has 71 heavy (non-hydrogen) atoms. The van der Waals surface area contributed by atoms with Gasteiger partial charge in [-0.3, -0.25) is 14.4 Å². The zero-order valence-electron chi connectivity index (χ0n) is 47.0. The van der Waals surface area contributed by atoms with Gasteiger partial charge in [0.05, 0.1) is 0 Å². The molecule has 410 valence electrons. The van der Waals surface area contributed by atoms with Gasteiger partial charge in [0, 0.05) is 19.3 Å². The number of carbonyl (C=O) groups excluding carboxylic acids is 3. The Morgan fingerprint density at radius 3 is 0.915 bits per heavy atom. The maximum Gasteiger partial charge on any atom is 0.306 e. The van der Waals surface area contributed by atoms with Crippen molar-refractivity contribution in [1.29, 1.82) is 0 Å². The number of esters is 3. The van der Waals surface area contributed by atoms with Crippen LogP contribution in [0.15, 0.2) is 72.9 Å². The van der Waals surface area contributed by atoms with Gasteiger partial charge >= 0.3 is 17.9 Å². The highest BCUT2D eigenvalue weighted by molar-refractivity contribution is 5.71. The Labute approximate surface area is 440 Å². The molecule has 0 N–H and O–H groups in total. The van der Waals surface area contributed by atoms with Crippen molar-refractivity contribution in [1.82, 2.24) is 0 Å². The molecule has 0 saturated heterocycles. The van der Waals surface area contributed by atoms with E-state index >= 15 is 0 Å². The minimum absolute atomic E-state index is 0.0833. The molecule has 0 aliphatic carbocycles. The molecule has 0 aromatic heterocycles. The Balaban J connectivity index is 4.30. The van der Waals surface area contributed by atoms with Crippen molar-refractivity contribution in [3.63, 3.8) is 0 Å². The number of hydrogen-bond donors (Lipinski definition) is 0. The molecule has 0 aromatic rings. The topological polar surface area (TPSA) is 78.9 Å². The third kappa shape index (κ3) is 57.6. The first-order chi connectivity index (χ1) is 35.0. The van der Waals surface area contributed by atoms with Crippen molar-refractivity contribution in [2.75, 3.05) is 13.2 Å². The van der Waals surface area contributed by atoms with Gasteiger partial charge in [-0.1, -0.05) is 254 Å². The molecule has 6 heteroatoms. The van der Waals surface area contributed by atoms with E-state index in [1.54, 1.807) is 0 Å². The summed E-state index contributed by atoms with van der Waals surface area (Å²) < 4.78 is 16.9. The van der Waals surface area contributed by atoms with Crippen LogP contribution in [0.25, 0.3) is 0 Å². The average Bonchev–Trinajstić information content (AvgIpc) is 3.37. The molecular formula is C65H114O6. The lowest BCUT2D eigenvalue weighted by Gasteiger charge is -2.18. The summed E-state index contributed by atoms with van der Waals surface area (Å²) in [6.45, 7) is 6.50. The summed E-state index contributed by atoms with van der Waals surface area (Å²) in [4.78, 5) is 38.2. The van der Waals surface area contributed by atoms with E-state index < -0.39 is 6.10 Å². The first kappa shape index (κ1) is 67.8. The van der Waals surface area contributed by atoms with E-state index in [1.807, 2.05) is 0 Å². The number of unbranched alkanes of at least 4 members (excludes halogenated alkanes) is 32. The number of carbonyl (C=O) groups is 3. The van der Waals surface area contributed by atoms with Gasteiger partial charge in [0.15, 0.2) is 6.10 Å². The van der Waals surface area contributed by atoms with Crippen molar-refractivity contribution in [2.24, 2.45) is 0 Å². The fourth-order valence-electron chi connectivity index (χ4n) is 8.59. The summed E-state index contributed by atoms with van der Waals surface area (Å²) in [5.41, 5.74) is 0. The minimum atomic E-state index is -0.787. The third-order valence-corrected chi connectivity index (χ3v) is 13.2. The predicted molar refractivity (Wildman–Crippen MR) is 307 cm³/mol. The highest BCUT2D eigenvalue weighted by Crippen LogP contribution is 2.16. The van der Waals surface area contributed by atoms with Crippen LogP contribution in [0.5, 0.6) is 0 Å². The molecule has 0 amide bonds. The van der Waals surface area contributed by atoms with Crippen molar-refractivity contribution < 1.29 is 28.6 Å². The van der Waals surface area contributed by atoms with Crippen molar-refractivity contribution in [3.8, 4) is 0 Å². The second-order valence-electron chi connectivity index (χ2n) is 20.2. The molecule has 0 fully saturated rings. The van der Waals surface area contributed by atoms with Crippen LogP contribution in [-0.2, 0) is 28.6 Å². The molecule has 0 aromatic carbocycles. The SMILES string of the molecule is CC/C=C\C/C=C\C/C=C\C/C=C\CCCCCCCCC(=O)OC(COC(=O)CCCCCCC/C=C\CCCC)COC(=O)CCCCCCCCCCCCC/C=C\CCCCCCCCCC. The Bertz CT molecular complexity index is 1320. The monoisotopic (exact) mass is 991 g/mol. The van der Waals surface area contributed by atoms with Gasteiger partial charge in [-0.2, -0.15) is 0 Å². The zero-order valence-corrected chi connectivity index (χ0v) is 47.0. The largest absolute Gasteiger partial charge is 0.462 e. The van der Waals surface area contributed by atoms with Crippen LogP contribution in [0.1, 0.15) is 303 Å². The van der Waals surface area contributed by atoms with Gasteiger partial charge in [-0.05, 0) is 103 Å². The number of rotatable bonds is 55. The van der Waals surface area contributed by atoms with Crippen molar-refractivity contribution >= 4 is 17.9 Å². The fraction of sp³-hybridized carbons (Fsp3) is 0.769. The van der Waals surface area contributed by atoms with Gasteiger partial charge in [-0.15, -0.1) is 0 Å². The summed E-state index contributed by atoms with van der Waals surface area (Å²) in [6.07, 6.45) is 76.2. The van der Waals surface area contributed by atoms with E-state index in [2.05, 4.69) is 93.7 Å². The third-order valence-electron chi connectivity index (χ3n) is 13.2. The lowest BCUT2D eigenvalue weighted by atomic mass is 10.0. The molecule has 0 bridgehead atoms. The molecule has 0 aliphatic heterocycles. The van der Waals surface area contributed by atoms with E-state index in [4.69, 9.17) is 14.2 Å². The zero-order chi connectivity index (χ0) is 51.4. The van der Waals surface area contributed by atoms with Gasteiger partial charge < -0.3 is 14.2 Å². The summed E-state index contributed by atoms with van der Waals surface area (Å²) in [5.74, 6) is -0.899. The molecule has 1 unspecified atom stereocenters. The van der Waals surface area contributed by atoms with E-state index in [9.17, 15) is 14.4 Å². The van der Waals surface area contributed by atoms with E-state index in [-0.39, 0.29) is 31.1 Å². The Kier molecular flexibility index (Phi) is 56.8. The molecule has 6 nitrogen and oxygen atoms in total. The maximum absolute atomic E-state index is 12.9. The van der Waals surface area contributed by atoms with Gasteiger partial charge in [0.25, 0.3) is 0 Å². The summed E-state index contributed by atoms with van der Waals surface area (Å²) in [5, 5.41) is 0. The summed E-state index contributed by atoms with van der Waals surface area (Å²) in [6, 6.07) is 0. The van der Waals surface area contributed by atoms with Crippen molar-refractivity contribution in [2.45, 2.75) is 309 Å². The molecule has 0 aliphatic rings. The molecule has 0 radical (unpaired) electrons. The van der Waals surface area contributed by atoms with Gasteiger partial charge in [-0.25, -0.2) is 0 Å². The van der Waals surface area contributed by atoms with Crippen molar-refractivity contribution in [3.05, 3.63) is 72.9 Å². The Hall–Kier alpha value is -3.15. The molecule has 0 spiro atoms. The van der Waals surface area contributed by atoms with E-state index in [1.165, 1.54) is 161 Å². The molecule has 1 atom stereocenters. The standard InChI is InChI=1S/C65H114O6/c1-4-7-10-13-16-19-22-24-26-28-30-31-32-33-35-36-38-40-43-46-49-52-55-58-64(67)70-61-62(60-69-63(66)57-54-51-48-45-42-21-18-15-12-9-6-3)71-65(68)59-56-53-50-47-44-41-39-37-34-29-27-25-23-20-17-14-11-8-5-2/h8,11,15,17-18,20,25,27-28,30,34,37,62H,4-7,9-10,12-14,16,19,21-24,26,29,31-33,35-36,38-61H2,1-3H3/b11-8-,18-15-,20-17-,27-25-,30-28-,37-34-. The Morgan fingerprint density at radius 2 is 0.563 bits per heavy atom. The van der Waals surface area contributed by atoms with Crippen LogP contribution >= 0.6 is 0 Å². The summed E-state index contributed by atoms with van der Waals surface area (Å²) in [7, 11) is 0. The predicted octanol–water partition coefficient (Wildman–Crippen LogP) is 20.5. The van der Waals surface area contributed by atoms with Crippen LogP contribution in [0, 0.1) is 0 Å². The van der Waals surface area contributed by atoms with Crippen LogP contribution in [0.4, 0.5) is 0 Å². The highest BCUT2D eigenvalue weighted by atomic mass is 16.6. The van der Waals surface area contributed by atoms with Crippen LogP contribution in [-0.4, -0.2) is 37.2 Å². The smallest absolute Gasteiger partial charge is 0.306 e. The highest BCUT2D eigenvalue weighted by Gasteiger charge is 2.19. The van der Waals surface area contributed by atoms with E-state index in [0.717, 1.165) is 103 Å². The average molecular weight is 992 g/mol. The number of allylic oxidation sites excluding steroid dienone is 12. The normalized spacial score (nSPS) is 12.5. The first-order valence-corrected chi connectivity index (χ1v) is 30.4. The quantitative estimate of drug-likeness (QED) is 0.0261. The lowest BCUT2D eigenvalue weighted by Crippen LogP contribution is -2.30. The van der Waals surface area contributed by atoms with Gasteiger partial charge in [0.2, 0.25) is 0 Å². The molecule has 0 heterocycles. The van der Waals surface area contributed by atoms with Crippen LogP contribution in [0.3, 0.4) is 0 Å². The number of hydrogen-bond acceptors (Lipinski definition) is 6.